The van der Waals surface area contributed by atoms with Crippen molar-refractivity contribution >= 4 is 11.8 Å². The van der Waals surface area contributed by atoms with Crippen LogP contribution in [0, 0.1) is 5.92 Å². The van der Waals surface area contributed by atoms with Gasteiger partial charge in [0.25, 0.3) is 0 Å². The van der Waals surface area contributed by atoms with Crippen LogP contribution in [0.15, 0.2) is 12.3 Å². The normalized spacial score (nSPS) is 15.4. The fraction of sp³-hybridized carbons (Fsp3) is 0.750. The lowest BCUT2D eigenvalue weighted by Gasteiger charge is -2.24. The Morgan fingerprint density at radius 1 is 1.45 bits per heavy atom. The number of amides is 2. The first kappa shape index (κ1) is 18.5. The Morgan fingerprint density at radius 3 is 2.73 bits per heavy atom. The number of aromatic nitrogens is 2. The monoisotopic (exact) mass is 310 g/mol. The van der Waals surface area contributed by atoms with E-state index < -0.39 is 5.60 Å². The zero-order valence-corrected chi connectivity index (χ0v) is 14.4. The largest absolute Gasteiger partial charge is 0.388 e. The number of anilines is 1. The average Bonchev–Trinajstić information content (AvgIpc) is 2.90. The summed E-state index contributed by atoms with van der Waals surface area (Å²) >= 11 is 0. The van der Waals surface area contributed by atoms with Gasteiger partial charge >= 0.3 is 6.03 Å². The minimum absolute atomic E-state index is 0.222. The maximum atomic E-state index is 12.0. The molecule has 0 saturated heterocycles. The molecule has 2 amide bonds. The lowest BCUT2D eigenvalue weighted by Crippen LogP contribution is -2.42. The Labute approximate surface area is 133 Å². The van der Waals surface area contributed by atoms with Gasteiger partial charge < -0.3 is 10.4 Å². The van der Waals surface area contributed by atoms with E-state index in [1.54, 1.807) is 23.9 Å². The van der Waals surface area contributed by atoms with E-state index in [2.05, 4.69) is 36.5 Å². The molecule has 1 aromatic rings. The molecule has 0 bridgehead atoms. The summed E-state index contributed by atoms with van der Waals surface area (Å²) in [5.74, 6) is 1.19. The molecule has 22 heavy (non-hydrogen) atoms. The molecule has 0 fully saturated rings. The van der Waals surface area contributed by atoms with Crippen molar-refractivity contribution in [3.05, 3.63) is 12.3 Å². The molecule has 1 rings (SSSR count). The first-order valence-electron chi connectivity index (χ1n) is 8.06. The zero-order valence-electron chi connectivity index (χ0n) is 14.4. The van der Waals surface area contributed by atoms with Gasteiger partial charge in [-0.3, -0.25) is 5.32 Å². The second-order valence-corrected chi connectivity index (χ2v) is 6.66. The molecule has 0 aliphatic heterocycles. The molecular formula is C16H30N4O2. The van der Waals surface area contributed by atoms with Crippen LogP contribution in [-0.4, -0.2) is 33.1 Å². The van der Waals surface area contributed by atoms with E-state index in [1.165, 1.54) is 0 Å². The predicted octanol–water partition coefficient (Wildman–Crippen LogP) is 3.16. The van der Waals surface area contributed by atoms with Gasteiger partial charge in [0.1, 0.15) is 5.82 Å². The molecule has 0 radical (unpaired) electrons. The summed E-state index contributed by atoms with van der Waals surface area (Å²) < 4.78 is 1.79. The first-order valence-corrected chi connectivity index (χ1v) is 8.06. The molecule has 1 heterocycles. The summed E-state index contributed by atoms with van der Waals surface area (Å²) in [7, 11) is 0. The second kappa shape index (κ2) is 8.17. The Balaban J connectivity index is 2.48. The minimum Gasteiger partial charge on any atom is -0.388 e. The molecule has 6 heteroatoms. The fourth-order valence-corrected chi connectivity index (χ4v) is 2.06. The van der Waals surface area contributed by atoms with Crippen molar-refractivity contribution in [2.45, 2.75) is 65.5 Å². The van der Waals surface area contributed by atoms with Gasteiger partial charge in [-0.2, -0.15) is 5.10 Å². The first-order chi connectivity index (χ1) is 10.2. The molecule has 0 aliphatic rings. The van der Waals surface area contributed by atoms with E-state index in [0.29, 0.717) is 18.2 Å². The van der Waals surface area contributed by atoms with Gasteiger partial charge in [0, 0.05) is 12.6 Å². The van der Waals surface area contributed by atoms with Crippen molar-refractivity contribution in [2.75, 3.05) is 11.9 Å². The van der Waals surface area contributed by atoms with Crippen LogP contribution in [0.1, 0.15) is 59.9 Å². The third-order valence-corrected chi connectivity index (χ3v) is 3.81. The molecule has 1 aromatic heterocycles. The van der Waals surface area contributed by atoms with Crippen LogP contribution >= 0.6 is 0 Å². The van der Waals surface area contributed by atoms with Crippen LogP contribution < -0.4 is 10.6 Å². The standard InChI is InChI=1S/C16H30N4O2/c1-6-13(4)20-14(8-10-18-20)19-15(21)17-11-16(5,22)9-7-12(2)3/h8,10,12-13,22H,6-7,9,11H2,1-5H3,(H2,17,19,21). The minimum atomic E-state index is -0.890. The van der Waals surface area contributed by atoms with Gasteiger partial charge in [-0.05, 0) is 39.0 Å². The molecular weight excluding hydrogens is 280 g/mol. The Kier molecular flexibility index (Phi) is 6.87. The van der Waals surface area contributed by atoms with E-state index in [4.69, 9.17) is 0 Å². The van der Waals surface area contributed by atoms with Gasteiger partial charge in [-0.15, -0.1) is 0 Å². The van der Waals surface area contributed by atoms with Gasteiger partial charge in [0.2, 0.25) is 0 Å². The summed E-state index contributed by atoms with van der Waals surface area (Å²) in [4.78, 5) is 12.0. The van der Waals surface area contributed by atoms with E-state index in [-0.39, 0.29) is 18.6 Å². The maximum Gasteiger partial charge on any atom is 0.320 e. The number of carbonyl (C=O) groups excluding carboxylic acids is 1. The Morgan fingerprint density at radius 2 is 2.14 bits per heavy atom. The molecule has 0 aromatic carbocycles. The van der Waals surface area contributed by atoms with Gasteiger partial charge in [-0.25, -0.2) is 9.48 Å². The number of aliphatic hydroxyl groups is 1. The predicted molar refractivity (Wildman–Crippen MR) is 88.9 cm³/mol. The molecule has 2 atom stereocenters. The van der Waals surface area contributed by atoms with E-state index in [0.717, 1.165) is 12.8 Å². The molecule has 6 nitrogen and oxygen atoms in total. The van der Waals surface area contributed by atoms with Crippen molar-refractivity contribution in [3.8, 4) is 0 Å². The highest BCUT2D eigenvalue weighted by atomic mass is 16.3. The number of nitrogens with zero attached hydrogens (tertiary/aromatic N) is 2. The molecule has 3 N–H and O–H groups in total. The number of nitrogens with one attached hydrogen (secondary N) is 2. The second-order valence-electron chi connectivity index (χ2n) is 6.66. The van der Waals surface area contributed by atoms with Crippen LogP contribution in [0.5, 0.6) is 0 Å². The average molecular weight is 310 g/mol. The maximum absolute atomic E-state index is 12.0. The van der Waals surface area contributed by atoms with Crippen LogP contribution in [0.4, 0.5) is 10.6 Å². The van der Waals surface area contributed by atoms with Crippen LogP contribution in [0.25, 0.3) is 0 Å². The van der Waals surface area contributed by atoms with E-state index in [9.17, 15) is 9.90 Å². The van der Waals surface area contributed by atoms with E-state index >= 15 is 0 Å². The molecule has 0 aliphatic carbocycles. The number of hydrogen-bond donors (Lipinski definition) is 3. The lowest BCUT2D eigenvalue weighted by molar-refractivity contribution is 0.0481. The van der Waals surface area contributed by atoms with Crippen molar-refractivity contribution in [1.29, 1.82) is 0 Å². The highest BCUT2D eigenvalue weighted by Crippen LogP contribution is 2.17. The van der Waals surface area contributed by atoms with Crippen LogP contribution in [-0.2, 0) is 0 Å². The van der Waals surface area contributed by atoms with Gasteiger partial charge in [0.15, 0.2) is 0 Å². The lowest BCUT2D eigenvalue weighted by atomic mass is 9.95. The SMILES string of the molecule is CCC(C)n1nccc1NC(=O)NCC(C)(O)CCC(C)C. The fourth-order valence-electron chi connectivity index (χ4n) is 2.06. The summed E-state index contributed by atoms with van der Waals surface area (Å²) in [5, 5.41) is 20.0. The van der Waals surface area contributed by atoms with Crippen molar-refractivity contribution < 1.29 is 9.90 Å². The third-order valence-electron chi connectivity index (χ3n) is 3.81. The molecule has 2 unspecified atom stereocenters. The number of hydrogen-bond acceptors (Lipinski definition) is 3. The summed E-state index contributed by atoms with van der Waals surface area (Å²) in [6.07, 6.45) is 4.19. The third kappa shape index (κ3) is 6.05. The van der Waals surface area contributed by atoms with Crippen LogP contribution in [0.2, 0.25) is 0 Å². The van der Waals surface area contributed by atoms with Crippen molar-refractivity contribution in [2.24, 2.45) is 5.92 Å². The molecule has 0 saturated carbocycles. The van der Waals surface area contributed by atoms with Crippen molar-refractivity contribution in [3.63, 3.8) is 0 Å². The summed E-state index contributed by atoms with van der Waals surface area (Å²) in [5.41, 5.74) is -0.890. The number of carbonyl (C=O) groups is 1. The molecule has 0 spiro atoms. The Bertz CT molecular complexity index is 468. The Hall–Kier alpha value is -1.56. The quantitative estimate of drug-likeness (QED) is 0.690. The number of rotatable bonds is 8. The molecule has 126 valence electrons. The van der Waals surface area contributed by atoms with E-state index in [1.807, 2.05) is 6.92 Å². The number of urea groups is 1. The topological polar surface area (TPSA) is 79.2 Å². The van der Waals surface area contributed by atoms with Gasteiger partial charge in [-0.1, -0.05) is 20.8 Å². The highest BCUT2D eigenvalue weighted by molar-refractivity contribution is 5.88. The highest BCUT2D eigenvalue weighted by Gasteiger charge is 2.21. The van der Waals surface area contributed by atoms with Crippen molar-refractivity contribution in [1.82, 2.24) is 15.1 Å². The smallest absolute Gasteiger partial charge is 0.320 e. The van der Waals surface area contributed by atoms with Crippen LogP contribution in [0.3, 0.4) is 0 Å². The summed E-state index contributed by atoms with van der Waals surface area (Å²) in [6, 6.07) is 1.66. The van der Waals surface area contributed by atoms with Gasteiger partial charge in [0.05, 0.1) is 17.8 Å². The zero-order chi connectivity index (χ0) is 16.8. The summed E-state index contributed by atoms with van der Waals surface area (Å²) in [6.45, 7) is 10.3.